The number of rotatable bonds is 8. The van der Waals surface area contributed by atoms with E-state index in [0.717, 1.165) is 22.3 Å². The molecule has 0 aliphatic rings. The van der Waals surface area contributed by atoms with Crippen LogP contribution in [-0.4, -0.2) is 28.4 Å². The van der Waals surface area contributed by atoms with Crippen molar-refractivity contribution in [1.29, 1.82) is 0 Å². The van der Waals surface area contributed by atoms with Crippen LogP contribution in [0.2, 0.25) is 0 Å². The zero-order chi connectivity index (χ0) is 29.9. The molecule has 0 saturated heterocycles. The van der Waals surface area contributed by atoms with Gasteiger partial charge in [-0.05, 0) is 46.9 Å². The average Bonchev–Trinajstić information content (AvgIpc) is 3.02. The molecule has 6 heteroatoms. The van der Waals surface area contributed by atoms with Crippen molar-refractivity contribution in [1.82, 2.24) is 0 Å². The highest BCUT2D eigenvalue weighted by molar-refractivity contribution is 5.76. The molecule has 0 fully saturated rings. The predicted molar refractivity (Wildman–Crippen MR) is 166 cm³/mol. The first-order valence-corrected chi connectivity index (χ1v) is 13.2. The van der Waals surface area contributed by atoms with Crippen LogP contribution in [0.5, 0.6) is 23.0 Å². The van der Waals surface area contributed by atoms with Gasteiger partial charge in [-0.25, -0.2) is 9.13 Å². The minimum Gasteiger partial charge on any atom is -0.496 e. The van der Waals surface area contributed by atoms with Crippen molar-refractivity contribution in [3.05, 3.63) is 107 Å². The quantitative estimate of drug-likeness (QED) is 0.223. The van der Waals surface area contributed by atoms with Crippen LogP contribution in [0.15, 0.2) is 73.3 Å². The topological polar surface area (TPSA) is 44.7 Å². The van der Waals surface area contributed by atoms with E-state index in [1.807, 2.05) is 121 Å². The van der Waals surface area contributed by atoms with Crippen molar-refractivity contribution < 1.29 is 28.1 Å². The highest BCUT2D eigenvalue weighted by atomic mass is 16.5. The van der Waals surface area contributed by atoms with Gasteiger partial charge in [0.25, 0.3) is 0 Å². The predicted octanol–water partition coefficient (Wildman–Crippen LogP) is 5.11. The molecule has 0 aliphatic carbocycles. The van der Waals surface area contributed by atoms with Crippen LogP contribution < -0.4 is 28.1 Å². The Morgan fingerprint density at radius 1 is 0.500 bits per heavy atom. The van der Waals surface area contributed by atoms with Gasteiger partial charge in [0.15, 0.2) is 24.8 Å². The smallest absolute Gasteiger partial charge is 0.169 e. The third-order valence-corrected chi connectivity index (χ3v) is 6.48. The summed E-state index contributed by atoms with van der Waals surface area (Å²) < 4.78 is 26.5. The summed E-state index contributed by atoms with van der Waals surface area (Å²) >= 11 is 0. The Labute approximate surface area is 248 Å². The van der Waals surface area contributed by atoms with Gasteiger partial charge in [-0.1, -0.05) is 24.3 Å². The van der Waals surface area contributed by atoms with Gasteiger partial charge < -0.3 is 18.9 Å². The molecule has 4 aromatic rings. The van der Waals surface area contributed by atoms with Crippen molar-refractivity contribution in [2.75, 3.05) is 28.4 Å². The Kier molecular flexibility index (Phi) is 10.0. The molecule has 0 N–H and O–H groups in total. The van der Waals surface area contributed by atoms with Gasteiger partial charge in [0, 0.05) is 47.5 Å². The Morgan fingerprint density at radius 3 is 1.19 bits per heavy atom. The molecule has 2 aromatic heterocycles. The second-order valence-corrected chi connectivity index (χ2v) is 9.35. The van der Waals surface area contributed by atoms with E-state index in [9.17, 15) is 0 Å². The zero-order valence-electron chi connectivity index (χ0n) is 24.8. The molecular weight excluding hydrogens is 524 g/mol. The summed E-state index contributed by atoms with van der Waals surface area (Å²) in [6.45, 7) is 0. The largest absolute Gasteiger partial charge is 0.496 e. The maximum atomic E-state index is 5.64. The van der Waals surface area contributed by atoms with E-state index in [-0.39, 0.29) is 0 Å². The molecule has 0 radical (unpaired) electrons. The summed E-state index contributed by atoms with van der Waals surface area (Å²) in [5.74, 6) is 14.7. The highest BCUT2D eigenvalue weighted by Gasteiger charge is 2.10. The maximum absolute atomic E-state index is 5.64. The van der Waals surface area contributed by atoms with Gasteiger partial charge in [0.05, 0.1) is 39.6 Å². The average molecular weight is 559 g/mol. The molecule has 0 unspecified atom stereocenters. The second kappa shape index (κ2) is 14.3. The number of ether oxygens (including phenoxy) is 4. The van der Waals surface area contributed by atoms with E-state index < -0.39 is 0 Å². The van der Waals surface area contributed by atoms with E-state index in [4.69, 9.17) is 18.9 Å². The maximum Gasteiger partial charge on any atom is 0.169 e. The molecule has 0 bridgehead atoms. The normalized spacial score (nSPS) is 10.5. The molecule has 210 valence electrons. The molecule has 6 nitrogen and oxygen atoms in total. The fourth-order valence-corrected chi connectivity index (χ4v) is 4.11. The standard InChI is InChI=1S/C36H34N2O4/c1-37-19-15-27(16-20-37)11-13-31-25-33(39-3)29(23-35(31)41-5)9-7-8-10-30-24-36(42-6)32(26-34(30)40-4)14-12-28-17-21-38(2)22-18-28/h11-26H,1-6H3/q+2. The van der Waals surface area contributed by atoms with Crippen LogP contribution in [0, 0.1) is 23.7 Å². The number of hydrogen-bond donors (Lipinski definition) is 0. The van der Waals surface area contributed by atoms with Crippen molar-refractivity contribution in [3.8, 4) is 46.7 Å². The lowest BCUT2D eigenvalue weighted by Crippen LogP contribution is -2.25. The fraction of sp³-hybridized carbons (Fsp3) is 0.167. The van der Waals surface area contributed by atoms with Crippen LogP contribution >= 0.6 is 0 Å². The van der Waals surface area contributed by atoms with Crippen molar-refractivity contribution >= 4 is 24.3 Å². The zero-order valence-corrected chi connectivity index (χ0v) is 24.8. The lowest BCUT2D eigenvalue weighted by molar-refractivity contribution is -0.671. The summed E-state index contributed by atoms with van der Waals surface area (Å²) in [6, 6.07) is 15.7. The van der Waals surface area contributed by atoms with Gasteiger partial charge in [0.2, 0.25) is 0 Å². The van der Waals surface area contributed by atoms with Crippen LogP contribution in [0.4, 0.5) is 0 Å². The first kappa shape index (κ1) is 29.5. The minimum atomic E-state index is 0.631. The Bertz CT molecular complexity index is 1600. The van der Waals surface area contributed by atoms with Gasteiger partial charge >= 0.3 is 0 Å². The molecule has 0 aliphatic heterocycles. The summed E-state index contributed by atoms with van der Waals surface area (Å²) in [4.78, 5) is 0. The minimum absolute atomic E-state index is 0.631. The second-order valence-electron chi connectivity index (χ2n) is 9.35. The lowest BCUT2D eigenvalue weighted by atomic mass is 10.1. The third kappa shape index (κ3) is 7.59. The van der Waals surface area contributed by atoms with Crippen molar-refractivity contribution in [3.63, 3.8) is 0 Å². The summed E-state index contributed by atoms with van der Waals surface area (Å²) in [7, 11) is 10.5. The molecule has 0 atom stereocenters. The third-order valence-electron chi connectivity index (χ3n) is 6.48. The number of benzene rings is 2. The Morgan fingerprint density at radius 2 is 0.857 bits per heavy atom. The van der Waals surface area contributed by atoms with Crippen LogP contribution in [0.1, 0.15) is 33.4 Å². The van der Waals surface area contributed by atoms with Gasteiger partial charge in [-0.3, -0.25) is 0 Å². The Balaban J connectivity index is 1.59. The first-order chi connectivity index (χ1) is 20.4. The highest BCUT2D eigenvalue weighted by Crippen LogP contribution is 2.31. The number of aromatic nitrogens is 2. The molecule has 2 heterocycles. The van der Waals surface area contributed by atoms with Gasteiger partial charge in [0.1, 0.15) is 37.1 Å². The number of aryl methyl sites for hydroxylation is 2. The molecular formula is C36H34N2O4+2. The Hall–Kier alpha value is -5.46. The summed E-state index contributed by atoms with van der Waals surface area (Å²) in [5.41, 5.74) is 5.27. The van der Waals surface area contributed by atoms with Crippen LogP contribution in [0.25, 0.3) is 24.3 Å². The molecule has 0 saturated carbocycles. The lowest BCUT2D eigenvalue weighted by Gasteiger charge is -2.10. The van der Waals surface area contributed by atoms with E-state index >= 15 is 0 Å². The van der Waals surface area contributed by atoms with Crippen molar-refractivity contribution in [2.24, 2.45) is 14.1 Å². The molecule has 0 spiro atoms. The van der Waals surface area contributed by atoms with E-state index in [1.54, 1.807) is 28.4 Å². The molecule has 42 heavy (non-hydrogen) atoms. The fourth-order valence-electron chi connectivity index (χ4n) is 4.11. The number of methoxy groups -OCH3 is 4. The van der Waals surface area contributed by atoms with Crippen LogP contribution in [0.3, 0.4) is 0 Å². The summed E-state index contributed by atoms with van der Waals surface area (Å²) in [5, 5.41) is 0. The first-order valence-electron chi connectivity index (χ1n) is 13.2. The van der Waals surface area contributed by atoms with E-state index in [0.29, 0.717) is 34.1 Å². The molecule has 2 aromatic carbocycles. The molecule has 4 rings (SSSR count). The monoisotopic (exact) mass is 558 g/mol. The molecule has 0 amide bonds. The number of hydrogen-bond acceptors (Lipinski definition) is 4. The van der Waals surface area contributed by atoms with Gasteiger partial charge in [-0.2, -0.15) is 0 Å². The number of pyridine rings is 2. The van der Waals surface area contributed by atoms with Gasteiger partial charge in [-0.15, -0.1) is 0 Å². The van der Waals surface area contributed by atoms with Crippen LogP contribution in [-0.2, 0) is 14.1 Å². The summed E-state index contributed by atoms with van der Waals surface area (Å²) in [6.07, 6.45) is 16.0. The SMILES string of the molecule is COc1cc(C=Cc2cc[n+](C)cc2)c(OC)cc1C#CC#Cc1cc(OC)c(C=Cc2cc[n+](C)cc2)cc1OC. The number of nitrogens with zero attached hydrogens (tertiary/aromatic N) is 2. The van der Waals surface area contributed by atoms with E-state index in [1.165, 1.54) is 0 Å². The van der Waals surface area contributed by atoms with E-state index in [2.05, 4.69) is 23.7 Å². The van der Waals surface area contributed by atoms with Crippen molar-refractivity contribution in [2.45, 2.75) is 0 Å².